The fraction of sp³-hybridized carbons (Fsp3) is 0.0339. The first-order valence-corrected chi connectivity index (χ1v) is 22.0. The third-order valence-electron chi connectivity index (χ3n) is 11.7. The zero-order valence-corrected chi connectivity index (χ0v) is 36.3. The average molecular weight is 848 g/mol. The predicted molar refractivity (Wildman–Crippen MR) is 267 cm³/mol. The van der Waals surface area contributed by atoms with Crippen molar-refractivity contribution in [2.75, 3.05) is 0 Å². The Labute approximate surface area is 383 Å². The van der Waals surface area contributed by atoms with E-state index < -0.39 is 0 Å². The van der Waals surface area contributed by atoms with E-state index >= 15 is 0 Å². The van der Waals surface area contributed by atoms with E-state index in [2.05, 4.69) is 120 Å². The Kier molecular flexibility index (Phi) is 10.5. The number of nitrogens with zero attached hydrogens (tertiary/aromatic N) is 7. The molecule has 3 heterocycles. The number of hydrogen-bond donors (Lipinski definition) is 0. The zero-order chi connectivity index (χ0) is 44.4. The van der Waals surface area contributed by atoms with Crippen molar-refractivity contribution in [3.05, 3.63) is 224 Å². The topological polar surface area (TPSA) is 90.2 Å². The summed E-state index contributed by atoms with van der Waals surface area (Å²) in [6.45, 7) is 4.08. The third kappa shape index (κ3) is 8.13. The molecule has 8 aromatic carbocycles. The highest BCUT2D eigenvalue weighted by molar-refractivity contribution is 5.93. The number of hydrogen-bond acceptors (Lipinski definition) is 7. The van der Waals surface area contributed by atoms with E-state index in [4.69, 9.17) is 29.9 Å². The van der Waals surface area contributed by atoms with Gasteiger partial charge in [-0.3, -0.25) is 4.98 Å². The van der Waals surface area contributed by atoms with Gasteiger partial charge in [0.25, 0.3) is 0 Å². The van der Waals surface area contributed by atoms with Gasteiger partial charge in [-0.25, -0.2) is 29.9 Å². The lowest BCUT2D eigenvalue weighted by molar-refractivity contribution is 1.07. The Hall–Kier alpha value is -8.81. The fourth-order valence-corrected chi connectivity index (χ4v) is 8.52. The molecule has 0 radical (unpaired) electrons. The maximum atomic E-state index is 5.14. The van der Waals surface area contributed by atoms with Gasteiger partial charge in [0.2, 0.25) is 0 Å². The summed E-state index contributed by atoms with van der Waals surface area (Å²) < 4.78 is 0. The lowest BCUT2D eigenvalue weighted by Gasteiger charge is -2.17. The van der Waals surface area contributed by atoms with Gasteiger partial charge in [-0.15, -0.1) is 0 Å². The minimum Gasteiger partial charge on any atom is -0.258 e. The number of fused-ring (bicyclic) bond motifs is 1. The predicted octanol–water partition coefficient (Wildman–Crippen LogP) is 14.2. The lowest BCUT2D eigenvalue weighted by atomic mass is 9.88. The van der Waals surface area contributed by atoms with Crippen LogP contribution in [0, 0.1) is 13.8 Å². The van der Waals surface area contributed by atoms with Crippen molar-refractivity contribution in [3.63, 3.8) is 0 Å². The molecule has 0 bridgehead atoms. The van der Waals surface area contributed by atoms with Gasteiger partial charge in [0.15, 0.2) is 34.9 Å². The summed E-state index contributed by atoms with van der Waals surface area (Å²) in [6, 6.07) is 72.8. The molecule has 7 nitrogen and oxygen atoms in total. The second-order valence-electron chi connectivity index (χ2n) is 16.3. The van der Waals surface area contributed by atoms with E-state index in [1.165, 1.54) is 0 Å². The molecule has 11 aromatic rings. The Morgan fingerprint density at radius 2 is 0.606 bits per heavy atom. The summed E-state index contributed by atoms with van der Waals surface area (Å²) in [6.07, 6.45) is 0. The molecule has 0 saturated heterocycles. The highest BCUT2D eigenvalue weighted by atomic mass is 15.0. The first-order valence-electron chi connectivity index (χ1n) is 22.0. The van der Waals surface area contributed by atoms with Crippen molar-refractivity contribution in [1.29, 1.82) is 0 Å². The van der Waals surface area contributed by atoms with Crippen LogP contribution in [0.25, 0.3) is 112 Å². The molecule has 0 aliphatic rings. The highest BCUT2D eigenvalue weighted by Gasteiger charge is 2.20. The summed E-state index contributed by atoms with van der Waals surface area (Å²) in [5, 5.41) is 2.29. The minimum atomic E-state index is 0.593. The summed E-state index contributed by atoms with van der Waals surface area (Å²) in [4.78, 5) is 35.1. The monoisotopic (exact) mass is 847 g/mol. The Morgan fingerprint density at radius 1 is 0.212 bits per heavy atom. The number of aryl methyl sites for hydroxylation is 2. The molecule has 0 saturated carbocycles. The zero-order valence-electron chi connectivity index (χ0n) is 36.3. The molecule has 0 aliphatic heterocycles. The summed E-state index contributed by atoms with van der Waals surface area (Å²) in [7, 11) is 0. The van der Waals surface area contributed by atoms with Gasteiger partial charge in [0.05, 0.1) is 0 Å². The number of pyridine rings is 1. The molecule has 0 aliphatic carbocycles. The largest absolute Gasteiger partial charge is 0.258 e. The quantitative estimate of drug-likeness (QED) is 0.143. The molecule has 312 valence electrons. The Bertz CT molecular complexity index is 3460. The van der Waals surface area contributed by atoms with Crippen LogP contribution in [-0.4, -0.2) is 34.9 Å². The molecular weight excluding hydrogens is 807 g/mol. The van der Waals surface area contributed by atoms with Crippen LogP contribution in [0.3, 0.4) is 0 Å². The van der Waals surface area contributed by atoms with Gasteiger partial charge < -0.3 is 0 Å². The van der Waals surface area contributed by atoms with Crippen LogP contribution < -0.4 is 0 Å². The van der Waals surface area contributed by atoms with Gasteiger partial charge in [-0.05, 0) is 82.3 Å². The molecule has 0 fully saturated rings. The van der Waals surface area contributed by atoms with Crippen molar-refractivity contribution < 1.29 is 0 Å². The molecule has 3 aromatic heterocycles. The van der Waals surface area contributed by atoms with Gasteiger partial charge in [0, 0.05) is 44.8 Å². The highest BCUT2D eigenvalue weighted by Crippen LogP contribution is 2.41. The lowest BCUT2D eigenvalue weighted by Crippen LogP contribution is -2.01. The average Bonchev–Trinajstić information content (AvgIpc) is 3.38. The molecule has 11 rings (SSSR count). The number of rotatable bonds is 9. The van der Waals surface area contributed by atoms with E-state index in [9.17, 15) is 0 Å². The van der Waals surface area contributed by atoms with Crippen molar-refractivity contribution in [1.82, 2.24) is 34.9 Å². The van der Waals surface area contributed by atoms with Crippen LogP contribution >= 0.6 is 0 Å². The molecule has 7 heteroatoms. The van der Waals surface area contributed by atoms with Crippen LogP contribution in [-0.2, 0) is 0 Å². The molecule has 0 unspecified atom stereocenters. The van der Waals surface area contributed by atoms with Crippen LogP contribution in [0.5, 0.6) is 0 Å². The second kappa shape index (κ2) is 17.4. The maximum absolute atomic E-state index is 5.14. The van der Waals surface area contributed by atoms with E-state index in [0.29, 0.717) is 34.9 Å². The molecule has 0 spiro atoms. The molecule has 0 atom stereocenters. The fourth-order valence-electron chi connectivity index (χ4n) is 8.52. The van der Waals surface area contributed by atoms with Crippen molar-refractivity contribution in [2.45, 2.75) is 13.8 Å². The van der Waals surface area contributed by atoms with Gasteiger partial charge >= 0.3 is 0 Å². The van der Waals surface area contributed by atoms with E-state index in [1.807, 2.05) is 111 Å². The summed E-state index contributed by atoms with van der Waals surface area (Å²) in [5.74, 6) is 3.65. The summed E-state index contributed by atoms with van der Waals surface area (Å²) >= 11 is 0. The van der Waals surface area contributed by atoms with Crippen LogP contribution in [0.4, 0.5) is 0 Å². The van der Waals surface area contributed by atoms with Crippen molar-refractivity contribution >= 4 is 10.8 Å². The summed E-state index contributed by atoms with van der Waals surface area (Å²) in [5.41, 5.74) is 13.7. The maximum Gasteiger partial charge on any atom is 0.164 e. The van der Waals surface area contributed by atoms with Crippen molar-refractivity contribution in [2.24, 2.45) is 0 Å². The van der Waals surface area contributed by atoms with E-state index in [-0.39, 0.29) is 0 Å². The number of aromatic nitrogens is 7. The molecular formula is C59H41N7. The number of benzene rings is 8. The van der Waals surface area contributed by atoms with Crippen LogP contribution in [0.15, 0.2) is 212 Å². The first kappa shape index (κ1) is 40.0. The van der Waals surface area contributed by atoms with Crippen LogP contribution in [0.1, 0.15) is 11.4 Å². The van der Waals surface area contributed by atoms with Crippen LogP contribution in [0.2, 0.25) is 0 Å². The van der Waals surface area contributed by atoms with Crippen molar-refractivity contribution in [3.8, 4) is 102 Å². The minimum absolute atomic E-state index is 0.593. The first-order chi connectivity index (χ1) is 32.5. The van der Waals surface area contributed by atoms with E-state index in [1.54, 1.807) is 0 Å². The Balaban J connectivity index is 1.06. The molecule has 0 N–H and O–H groups in total. The molecule has 0 amide bonds. The van der Waals surface area contributed by atoms with Gasteiger partial charge in [-0.2, -0.15) is 0 Å². The van der Waals surface area contributed by atoms with Gasteiger partial charge in [-0.1, -0.05) is 188 Å². The second-order valence-corrected chi connectivity index (χ2v) is 16.3. The Morgan fingerprint density at radius 3 is 1.17 bits per heavy atom. The molecule has 66 heavy (non-hydrogen) atoms. The third-order valence-corrected chi connectivity index (χ3v) is 11.7. The smallest absolute Gasteiger partial charge is 0.164 e. The standard InChI is InChI=1S/C59H41N7/c1-38-34-49(35-39(2)60-38)47-32-33-51(50-24-14-15-25-52(50)59-65-55(43-19-8-4-9-20-43)62-56(66-59)44-21-10-5-11-22-44)53(37-47)41-27-29-45(30-28-41)57-61-54(42-17-6-3-7-18-42)63-58(64-57)48-31-26-40-16-12-13-23-46(40)36-48/h3-37H,1-2H3. The van der Waals surface area contributed by atoms with E-state index in [0.717, 1.165) is 88.9 Å². The normalized spacial score (nSPS) is 11.2. The SMILES string of the molecule is Cc1cc(-c2ccc(-c3ccccc3-c3nc(-c4ccccc4)nc(-c4ccccc4)n3)c(-c3ccc(-c4nc(-c5ccccc5)nc(-c5ccc6ccccc6c5)n4)cc3)c2)cc(C)n1. The van der Waals surface area contributed by atoms with Gasteiger partial charge in [0.1, 0.15) is 0 Å².